The van der Waals surface area contributed by atoms with E-state index in [0.29, 0.717) is 31.0 Å². The van der Waals surface area contributed by atoms with Gasteiger partial charge in [0.1, 0.15) is 5.75 Å². The van der Waals surface area contributed by atoms with Crippen molar-refractivity contribution in [3.05, 3.63) is 89.5 Å². The van der Waals surface area contributed by atoms with E-state index in [1.165, 1.54) is 5.56 Å². The molecule has 2 N–H and O–H groups in total. The lowest BCUT2D eigenvalue weighted by atomic mass is 10.1. The number of piperazine rings is 1. The molecule has 0 spiro atoms. The molecular weight excluding hydrogens is 484 g/mol. The molecule has 4 rings (SSSR count). The fourth-order valence-electron chi connectivity index (χ4n) is 4.22. The Bertz CT molecular complexity index is 1240. The van der Waals surface area contributed by atoms with E-state index in [9.17, 15) is 9.59 Å². The Morgan fingerprint density at radius 2 is 1.59 bits per heavy atom. The fourth-order valence-corrected chi connectivity index (χ4v) is 4.43. The molecule has 0 saturated carbocycles. The monoisotopic (exact) mass is 516 g/mol. The van der Waals surface area contributed by atoms with Gasteiger partial charge in [0, 0.05) is 48.7 Å². The van der Waals surface area contributed by atoms with Gasteiger partial charge in [-0.1, -0.05) is 25.1 Å². The van der Waals surface area contributed by atoms with Crippen molar-refractivity contribution >= 4 is 40.5 Å². The quantitative estimate of drug-likeness (QED) is 0.442. The molecule has 1 fully saturated rings. The average molecular weight is 517 g/mol. The zero-order valence-electron chi connectivity index (χ0n) is 21.2. The van der Waals surface area contributed by atoms with Gasteiger partial charge in [0.15, 0.2) is 5.11 Å². The highest BCUT2D eigenvalue weighted by molar-refractivity contribution is 7.80. The highest BCUT2D eigenvalue weighted by Crippen LogP contribution is 2.21. The van der Waals surface area contributed by atoms with Gasteiger partial charge in [0.05, 0.1) is 6.61 Å². The summed E-state index contributed by atoms with van der Waals surface area (Å²) in [7, 11) is 0. The van der Waals surface area contributed by atoms with Crippen molar-refractivity contribution in [1.29, 1.82) is 0 Å². The summed E-state index contributed by atoms with van der Waals surface area (Å²) in [5.74, 6) is 0.423. The van der Waals surface area contributed by atoms with Crippen molar-refractivity contribution in [2.75, 3.05) is 43.0 Å². The SMILES string of the molecule is CCOc1cccc(C(=O)NC(=S)Nc2ccc(N3CCN(C(=O)c4ccc(CC)cc4)CC3)cc2)c1. The third-order valence-corrected chi connectivity index (χ3v) is 6.50. The summed E-state index contributed by atoms with van der Waals surface area (Å²) in [5.41, 5.74) is 4.30. The van der Waals surface area contributed by atoms with Gasteiger partial charge in [-0.05, 0) is 85.7 Å². The number of thiocarbonyl (C=S) groups is 1. The first kappa shape index (κ1) is 26.2. The molecule has 1 saturated heterocycles. The summed E-state index contributed by atoms with van der Waals surface area (Å²) in [6.07, 6.45) is 0.964. The largest absolute Gasteiger partial charge is 0.494 e. The summed E-state index contributed by atoms with van der Waals surface area (Å²) in [6, 6.07) is 22.7. The summed E-state index contributed by atoms with van der Waals surface area (Å²) >= 11 is 5.32. The second kappa shape index (κ2) is 12.4. The average Bonchev–Trinajstić information content (AvgIpc) is 2.93. The number of benzene rings is 3. The Balaban J connectivity index is 1.27. The van der Waals surface area contributed by atoms with Gasteiger partial charge < -0.3 is 19.9 Å². The standard InChI is InChI=1S/C29H32N4O3S/c1-3-21-8-10-22(11-9-21)28(35)33-18-16-32(17-19-33)25-14-12-24(13-15-25)30-29(37)31-27(34)23-6-5-7-26(20-23)36-4-2/h5-15,20H,3-4,16-19H2,1-2H3,(H2,30,31,34,37). The molecular formula is C29H32N4O3S. The van der Waals surface area contributed by atoms with Crippen LogP contribution in [0.15, 0.2) is 72.8 Å². The van der Waals surface area contributed by atoms with Crippen LogP contribution in [0.3, 0.4) is 0 Å². The number of anilines is 2. The lowest BCUT2D eigenvalue weighted by Gasteiger charge is -2.36. The van der Waals surface area contributed by atoms with E-state index in [4.69, 9.17) is 17.0 Å². The molecule has 7 nitrogen and oxygen atoms in total. The maximum absolute atomic E-state index is 12.9. The Kier molecular flexibility index (Phi) is 8.74. The molecule has 1 aliphatic rings. The Morgan fingerprint density at radius 1 is 0.892 bits per heavy atom. The normalized spacial score (nSPS) is 13.1. The topological polar surface area (TPSA) is 73.9 Å². The molecule has 3 aromatic rings. The molecule has 192 valence electrons. The number of carbonyl (C=O) groups is 2. The van der Waals surface area contributed by atoms with Gasteiger partial charge in [0.2, 0.25) is 0 Å². The first-order valence-corrected chi connectivity index (χ1v) is 13.0. The number of amides is 2. The van der Waals surface area contributed by atoms with Gasteiger partial charge in [-0.25, -0.2) is 0 Å². The van der Waals surface area contributed by atoms with Gasteiger partial charge in [-0.3, -0.25) is 14.9 Å². The van der Waals surface area contributed by atoms with Crippen molar-refractivity contribution in [2.45, 2.75) is 20.3 Å². The first-order chi connectivity index (χ1) is 18.0. The number of aryl methyl sites for hydroxylation is 1. The van der Waals surface area contributed by atoms with Crippen LogP contribution in [0.4, 0.5) is 11.4 Å². The minimum Gasteiger partial charge on any atom is -0.494 e. The molecule has 0 radical (unpaired) electrons. The lowest BCUT2D eigenvalue weighted by Crippen LogP contribution is -2.48. The number of ether oxygens (including phenoxy) is 1. The fraction of sp³-hybridized carbons (Fsp3) is 0.276. The number of rotatable bonds is 7. The third-order valence-electron chi connectivity index (χ3n) is 6.30. The van der Waals surface area contributed by atoms with Crippen LogP contribution in [-0.4, -0.2) is 54.6 Å². The zero-order chi connectivity index (χ0) is 26.2. The maximum atomic E-state index is 12.9. The second-order valence-corrected chi connectivity index (χ2v) is 9.15. The number of nitrogens with zero attached hydrogens (tertiary/aromatic N) is 2. The Morgan fingerprint density at radius 3 is 2.24 bits per heavy atom. The number of nitrogens with one attached hydrogen (secondary N) is 2. The Labute approximate surface area is 223 Å². The van der Waals surface area contributed by atoms with E-state index in [0.717, 1.165) is 36.4 Å². The predicted octanol–water partition coefficient (Wildman–Crippen LogP) is 4.74. The van der Waals surface area contributed by atoms with Gasteiger partial charge in [-0.15, -0.1) is 0 Å². The number of hydrogen-bond donors (Lipinski definition) is 2. The zero-order valence-corrected chi connectivity index (χ0v) is 22.0. The molecule has 0 aliphatic carbocycles. The number of carbonyl (C=O) groups excluding carboxylic acids is 2. The van der Waals surface area contributed by atoms with E-state index < -0.39 is 0 Å². The van der Waals surface area contributed by atoms with E-state index in [-0.39, 0.29) is 16.9 Å². The van der Waals surface area contributed by atoms with Crippen LogP contribution in [-0.2, 0) is 6.42 Å². The van der Waals surface area contributed by atoms with Crippen LogP contribution >= 0.6 is 12.2 Å². The smallest absolute Gasteiger partial charge is 0.257 e. The van der Waals surface area contributed by atoms with Crippen LogP contribution in [0.1, 0.15) is 40.1 Å². The van der Waals surface area contributed by atoms with Crippen LogP contribution in [0.25, 0.3) is 0 Å². The maximum Gasteiger partial charge on any atom is 0.257 e. The molecule has 3 aromatic carbocycles. The molecule has 0 unspecified atom stereocenters. The number of hydrogen-bond acceptors (Lipinski definition) is 5. The van der Waals surface area contributed by atoms with Crippen molar-refractivity contribution < 1.29 is 14.3 Å². The van der Waals surface area contributed by atoms with Crippen molar-refractivity contribution in [1.82, 2.24) is 10.2 Å². The van der Waals surface area contributed by atoms with Crippen molar-refractivity contribution in [3.8, 4) is 5.75 Å². The molecule has 37 heavy (non-hydrogen) atoms. The molecule has 0 aromatic heterocycles. The van der Waals surface area contributed by atoms with E-state index in [2.05, 4.69) is 22.5 Å². The van der Waals surface area contributed by atoms with E-state index >= 15 is 0 Å². The predicted molar refractivity (Wildman–Crippen MR) is 152 cm³/mol. The second-order valence-electron chi connectivity index (χ2n) is 8.75. The Hall–Kier alpha value is -3.91. The van der Waals surface area contributed by atoms with E-state index in [1.807, 2.05) is 60.4 Å². The van der Waals surface area contributed by atoms with Crippen LogP contribution < -0.4 is 20.3 Å². The van der Waals surface area contributed by atoms with Crippen molar-refractivity contribution in [3.63, 3.8) is 0 Å². The molecule has 1 heterocycles. The van der Waals surface area contributed by atoms with Crippen LogP contribution in [0.2, 0.25) is 0 Å². The molecule has 2 amide bonds. The summed E-state index contributed by atoms with van der Waals surface area (Å²) in [4.78, 5) is 29.6. The van der Waals surface area contributed by atoms with E-state index in [1.54, 1.807) is 24.3 Å². The van der Waals surface area contributed by atoms with Crippen molar-refractivity contribution in [2.24, 2.45) is 0 Å². The molecule has 1 aliphatic heterocycles. The lowest BCUT2D eigenvalue weighted by molar-refractivity contribution is 0.0746. The molecule has 0 bridgehead atoms. The van der Waals surface area contributed by atoms with Gasteiger partial charge in [-0.2, -0.15) is 0 Å². The minimum absolute atomic E-state index is 0.0852. The molecule has 0 atom stereocenters. The van der Waals surface area contributed by atoms with Gasteiger partial charge in [0.25, 0.3) is 11.8 Å². The highest BCUT2D eigenvalue weighted by atomic mass is 32.1. The van der Waals surface area contributed by atoms with Crippen LogP contribution in [0, 0.1) is 0 Å². The summed E-state index contributed by atoms with van der Waals surface area (Å²) in [5, 5.41) is 5.98. The first-order valence-electron chi connectivity index (χ1n) is 12.5. The summed E-state index contributed by atoms with van der Waals surface area (Å²) in [6.45, 7) is 7.41. The minimum atomic E-state index is -0.301. The molecule has 8 heteroatoms. The summed E-state index contributed by atoms with van der Waals surface area (Å²) < 4.78 is 5.45. The van der Waals surface area contributed by atoms with Gasteiger partial charge >= 0.3 is 0 Å². The third kappa shape index (κ3) is 6.86. The van der Waals surface area contributed by atoms with Crippen LogP contribution in [0.5, 0.6) is 5.75 Å². The highest BCUT2D eigenvalue weighted by Gasteiger charge is 2.22.